The van der Waals surface area contributed by atoms with Gasteiger partial charge in [-0.25, -0.2) is 9.78 Å². The minimum absolute atomic E-state index is 0.192. The number of carbonyl (C=O) groups excluding carboxylic acids is 1. The SMILES string of the molecule is CCOc1ccccc1NC(=O)NCCc1cc(=O)[nH]c(C)n1. The molecule has 0 unspecified atom stereocenters. The Bertz CT molecular complexity index is 727. The summed E-state index contributed by atoms with van der Waals surface area (Å²) in [6, 6.07) is 8.32. The summed E-state index contributed by atoms with van der Waals surface area (Å²) in [5.41, 5.74) is 1.06. The third-order valence-electron chi connectivity index (χ3n) is 3.01. The lowest BCUT2D eigenvalue weighted by Crippen LogP contribution is -2.31. The first-order chi connectivity index (χ1) is 11.1. The molecule has 2 rings (SSSR count). The number of hydrogen-bond donors (Lipinski definition) is 3. The van der Waals surface area contributed by atoms with Crippen LogP contribution in [-0.2, 0) is 6.42 Å². The van der Waals surface area contributed by atoms with Crippen molar-refractivity contribution in [2.24, 2.45) is 0 Å². The third-order valence-corrected chi connectivity index (χ3v) is 3.01. The average molecular weight is 316 g/mol. The number of anilines is 1. The minimum Gasteiger partial charge on any atom is -0.492 e. The van der Waals surface area contributed by atoms with E-state index in [0.29, 0.717) is 42.5 Å². The van der Waals surface area contributed by atoms with Gasteiger partial charge >= 0.3 is 6.03 Å². The second-order valence-electron chi connectivity index (χ2n) is 4.88. The summed E-state index contributed by atoms with van der Waals surface area (Å²) in [7, 11) is 0. The van der Waals surface area contributed by atoms with Crippen molar-refractivity contribution in [1.82, 2.24) is 15.3 Å². The Kier molecular flexibility index (Phi) is 5.74. The van der Waals surface area contributed by atoms with Gasteiger partial charge in [0, 0.05) is 24.7 Å². The second kappa shape index (κ2) is 7.98. The van der Waals surface area contributed by atoms with E-state index in [4.69, 9.17) is 4.74 Å². The summed E-state index contributed by atoms with van der Waals surface area (Å²) in [5, 5.41) is 5.47. The van der Waals surface area contributed by atoms with Gasteiger partial charge in [0.1, 0.15) is 11.6 Å². The number of amides is 2. The highest BCUT2D eigenvalue weighted by Gasteiger charge is 2.07. The molecule has 7 nitrogen and oxygen atoms in total. The number of rotatable bonds is 6. The van der Waals surface area contributed by atoms with E-state index in [-0.39, 0.29) is 11.6 Å². The number of carbonyl (C=O) groups is 1. The van der Waals surface area contributed by atoms with Gasteiger partial charge in [-0.3, -0.25) is 4.79 Å². The molecule has 7 heteroatoms. The maximum absolute atomic E-state index is 11.9. The van der Waals surface area contributed by atoms with E-state index >= 15 is 0 Å². The van der Waals surface area contributed by atoms with Crippen LogP contribution >= 0.6 is 0 Å². The van der Waals surface area contributed by atoms with E-state index in [1.165, 1.54) is 6.07 Å². The van der Waals surface area contributed by atoms with Gasteiger partial charge in [-0.1, -0.05) is 12.1 Å². The van der Waals surface area contributed by atoms with E-state index < -0.39 is 0 Å². The molecule has 0 spiro atoms. The van der Waals surface area contributed by atoms with Crippen LogP contribution in [0.15, 0.2) is 35.1 Å². The van der Waals surface area contributed by atoms with Crippen molar-refractivity contribution in [2.45, 2.75) is 20.3 Å². The minimum atomic E-state index is -0.335. The predicted octanol–water partition coefficient (Wildman–Crippen LogP) is 1.84. The standard InChI is InChI=1S/C16H20N4O3/c1-3-23-14-7-5-4-6-13(14)20-16(22)17-9-8-12-10-15(21)19-11(2)18-12/h4-7,10H,3,8-9H2,1-2H3,(H2,17,20,22)(H,18,19,21). The van der Waals surface area contributed by atoms with Crippen molar-refractivity contribution < 1.29 is 9.53 Å². The number of nitrogens with one attached hydrogen (secondary N) is 3. The Hall–Kier alpha value is -2.83. The molecule has 0 aliphatic rings. The summed E-state index contributed by atoms with van der Waals surface area (Å²) in [4.78, 5) is 30.1. The summed E-state index contributed by atoms with van der Waals surface area (Å²) in [5.74, 6) is 1.18. The number of ether oxygens (including phenoxy) is 1. The molecule has 1 heterocycles. The Morgan fingerprint density at radius 1 is 1.35 bits per heavy atom. The van der Waals surface area contributed by atoms with Gasteiger partial charge < -0.3 is 20.4 Å². The number of benzene rings is 1. The lowest BCUT2D eigenvalue weighted by molar-refractivity contribution is 0.252. The summed E-state index contributed by atoms with van der Waals surface area (Å²) in [6.07, 6.45) is 0.477. The zero-order valence-electron chi connectivity index (χ0n) is 13.2. The molecule has 0 fully saturated rings. The first-order valence-electron chi connectivity index (χ1n) is 7.42. The second-order valence-corrected chi connectivity index (χ2v) is 4.88. The molecule has 0 saturated heterocycles. The zero-order chi connectivity index (χ0) is 16.7. The molecule has 0 bridgehead atoms. The largest absolute Gasteiger partial charge is 0.492 e. The van der Waals surface area contributed by atoms with Gasteiger partial charge in [-0.05, 0) is 26.0 Å². The molecule has 2 aromatic rings. The number of para-hydroxylation sites is 2. The Balaban J connectivity index is 1.87. The van der Waals surface area contributed by atoms with E-state index in [0.717, 1.165) is 0 Å². The number of aromatic nitrogens is 2. The fraction of sp³-hybridized carbons (Fsp3) is 0.312. The number of urea groups is 1. The van der Waals surface area contributed by atoms with E-state index in [1.807, 2.05) is 19.1 Å². The van der Waals surface area contributed by atoms with Crippen molar-refractivity contribution in [3.63, 3.8) is 0 Å². The van der Waals surface area contributed by atoms with Crippen molar-refractivity contribution in [1.29, 1.82) is 0 Å². The van der Waals surface area contributed by atoms with Gasteiger partial charge in [0.05, 0.1) is 12.3 Å². The average Bonchev–Trinajstić information content (AvgIpc) is 2.48. The first-order valence-corrected chi connectivity index (χ1v) is 7.42. The lowest BCUT2D eigenvalue weighted by Gasteiger charge is -2.12. The summed E-state index contributed by atoms with van der Waals surface area (Å²) >= 11 is 0. The molecular formula is C16H20N4O3. The van der Waals surface area contributed by atoms with Crippen LogP contribution in [0.4, 0.5) is 10.5 Å². The predicted molar refractivity (Wildman–Crippen MR) is 87.9 cm³/mol. The van der Waals surface area contributed by atoms with Crippen LogP contribution in [0.3, 0.4) is 0 Å². The molecule has 3 N–H and O–H groups in total. The van der Waals surface area contributed by atoms with Crippen molar-refractivity contribution in [3.05, 3.63) is 52.2 Å². The molecule has 1 aromatic heterocycles. The molecular weight excluding hydrogens is 296 g/mol. The molecule has 1 aromatic carbocycles. The van der Waals surface area contributed by atoms with Crippen LogP contribution in [0, 0.1) is 6.92 Å². The summed E-state index contributed by atoms with van der Waals surface area (Å²) < 4.78 is 5.45. The molecule has 0 aliphatic carbocycles. The van der Waals surface area contributed by atoms with Crippen molar-refractivity contribution in [3.8, 4) is 5.75 Å². The molecule has 0 radical (unpaired) electrons. The van der Waals surface area contributed by atoms with Crippen molar-refractivity contribution >= 4 is 11.7 Å². The quantitative estimate of drug-likeness (QED) is 0.757. The van der Waals surface area contributed by atoms with Gasteiger partial charge in [-0.15, -0.1) is 0 Å². The Morgan fingerprint density at radius 2 is 2.13 bits per heavy atom. The zero-order valence-corrected chi connectivity index (χ0v) is 13.2. The number of nitrogens with zero attached hydrogens (tertiary/aromatic N) is 1. The van der Waals surface area contributed by atoms with Crippen LogP contribution in [0.1, 0.15) is 18.4 Å². The molecule has 0 atom stereocenters. The molecule has 0 aliphatic heterocycles. The molecule has 122 valence electrons. The normalized spacial score (nSPS) is 10.2. The fourth-order valence-corrected chi connectivity index (χ4v) is 2.09. The highest BCUT2D eigenvalue weighted by molar-refractivity contribution is 5.90. The van der Waals surface area contributed by atoms with Gasteiger partial charge in [0.15, 0.2) is 0 Å². The van der Waals surface area contributed by atoms with Crippen LogP contribution < -0.4 is 20.9 Å². The maximum atomic E-state index is 11.9. The molecule has 2 amide bonds. The smallest absolute Gasteiger partial charge is 0.319 e. The Morgan fingerprint density at radius 3 is 2.87 bits per heavy atom. The Labute approximate surface area is 134 Å². The number of aromatic amines is 1. The third kappa shape index (κ3) is 5.14. The van der Waals surface area contributed by atoms with E-state index in [2.05, 4.69) is 20.6 Å². The van der Waals surface area contributed by atoms with Crippen LogP contribution in [0.2, 0.25) is 0 Å². The van der Waals surface area contributed by atoms with Gasteiger partial charge in [0.2, 0.25) is 0 Å². The molecule has 0 saturated carbocycles. The van der Waals surface area contributed by atoms with Gasteiger partial charge in [-0.2, -0.15) is 0 Å². The molecule has 23 heavy (non-hydrogen) atoms. The monoisotopic (exact) mass is 316 g/mol. The fourth-order valence-electron chi connectivity index (χ4n) is 2.09. The van der Waals surface area contributed by atoms with Crippen LogP contribution in [0.25, 0.3) is 0 Å². The number of aryl methyl sites for hydroxylation is 1. The highest BCUT2D eigenvalue weighted by atomic mass is 16.5. The van der Waals surface area contributed by atoms with Crippen molar-refractivity contribution in [2.75, 3.05) is 18.5 Å². The van der Waals surface area contributed by atoms with Crippen LogP contribution in [0.5, 0.6) is 5.75 Å². The van der Waals surface area contributed by atoms with Gasteiger partial charge in [0.25, 0.3) is 5.56 Å². The number of hydrogen-bond acceptors (Lipinski definition) is 4. The topological polar surface area (TPSA) is 96.1 Å². The van der Waals surface area contributed by atoms with E-state index in [1.54, 1.807) is 19.1 Å². The summed E-state index contributed by atoms with van der Waals surface area (Å²) in [6.45, 7) is 4.50. The van der Waals surface area contributed by atoms with Crippen LogP contribution in [-0.4, -0.2) is 29.2 Å². The van der Waals surface area contributed by atoms with E-state index in [9.17, 15) is 9.59 Å². The maximum Gasteiger partial charge on any atom is 0.319 e. The number of H-pyrrole nitrogens is 1. The highest BCUT2D eigenvalue weighted by Crippen LogP contribution is 2.23. The lowest BCUT2D eigenvalue weighted by atomic mass is 10.3. The first kappa shape index (κ1) is 16.5.